The summed E-state index contributed by atoms with van der Waals surface area (Å²) >= 11 is 0. The average Bonchev–Trinajstić information content (AvgIpc) is 2.68. The largest absolute Gasteiger partial charge is 0.334 e. The van der Waals surface area contributed by atoms with Crippen molar-refractivity contribution in [2.24, 2.45) is 0 Å². The van der Waals surface area contributed by atoms with E-state index in [-0.39, 0.29) is 6.03 Å². The zero-order valence-corrected chi connectivity index (χ0v) is 10.3. The highest BCUT2D eigenvalue weighted by Crippen LogP contribution is 2.08. The summed E-state index contributed by atoms with van der Waals surface area (Å²) in [5.41, 5.74) is 2.86. The van der Waals surface area contributed by atoms with E-state index in [0.29, 0.717) is 12.4 Å². The van der Waals surface area contributed by atoms with E-state index in [1.54, 1.807) is 18.3 Å². The summed E-state index contributed by atoms with van der Waals surface area (Å²) in [6, 6.07) is 5.05. The third kappa shape index (κ3) is 2.85. The lowest BCUT2D eigenvalue weighted by Gasteiger charge is -2.06. The van der Waals surface area contributed by atoms with Crippen LogP contribution in [-0.4, -0.2) is 21.2 Å². The van der Waals surface area contributed by atoms with Crippen molar-refractivity contribution < 1.29 is 4.79 Å². The highest BCUT2D eigenvalue weighted by Gasteiger charge is 2.08. The van der Waals surface area contributed by atoms with Crippen LogP contribution in [-0.2, 0) is 6.54 Å². The van der Waals surface area contributed by atoms with E-state index >= 15 is 0 Å². The van der Waals surface area contributed by atoms with E-state index in [2.05, 4.69) is 25.8 Å². The number of aromatic amines is 1. The fraction of sp³-hybridized carbons (Fsp3) is 0.250. The summed E-state index contributed by atoms with van der Waals surface area (Å²) in [5.74, 6) is 0.524. The second-order valence-electron chi connectivity index (χ2n) is 3.94. The second kappa shape index (κ2) is 5.31. The van der Waals surface area contributed by atoms with Crippen LogP contribution >= 0.6 is 0 Å². The lowest BCUT2D eigenvalue weighted by molar-refractivity contribution is 0.251. The molecule has 0 fully saturated rings. The Morgan fingerprint density at radius 3 is 2.83 bits per heavy atom. The van der Waals surface area contributed by atoms with Crippen LogP contribution < -0.4 is 10.6 Å². The van der Waals surface area contributed by atoms with Crippen LogP contribution in [0.5, 0.6) is 0 Å². The summed E-state index contributed by atoms with van der Waals surface area (Å²) in [4.78, 5) is 15.6. The molecule has 3 N–H and O–H groups in total. The average molecular weight is 245 g/mol. The number of hydrogen-bond acceptors (Lipinski definition) is 3. The van der Waals surface area contributed by atoms with Crippen molar-refractivity contribution in [2.45, 2.75) is 20.4 Å². The molecule has 0 radical (unpaired) electrons. The third-order valence-electron chi connectivity index (χ3n) is 2.61. The van der Waals surface area contributed by atoms with Crippen molar-refractivity contribution in [1.82, 2.24) is 20.5 Å². The first kappa shape index (κ1) is 12.1. The molecule has 6 heteroatoms. The van der Waals surface area contributed by atoms with Crippen molar-refractivity contribution in [3.63, 3.8) is 0 Å². The van der Waals surface area contributed by atoms with Crippen LogP contribution in [0, 0.1) is 13.8 Å². The summed E-state index contributed by atoms with van der Waals surface area (Å²) in [6.07, 6.45) is 1.62. The maximum absolute atomic E-state index is 11.6. The Kier molecular flexibility index (Phi) is 3.57. The minimum Gasteiger partial charge on any atom is -0.334 e. The molecule has 2 rings (SSSR count). The van der Waals surface area contributed by atoms with Gasteiger partial charge >= 0.3 is 6.03 Å². The number of nitrogens with one attached hydrogen (secondary N) is 3. The van der Waals surface area contributed by atoms with Gasteiger partial charge < -0.3 is 5.32 Å². The molecule has 0 aliphatic heterocycles. The van der Waals surface area contributed by atoms with Crippen molar-refractivity contribution >= 4 is 11.8 Å². The van der Waals surface area contributed by atoms with Crippen LogP contribution in [0.25, 0.3) is 0 Å². The van der Waals surface area contributed by atoms with E-state index in [1.165, 1.54) is 0 Å². The van der Waals surface area contributed by atoms with E-state index in [1.807, 2.05) is 19.9 Å². The summed E-state index contributed by atoms with van der Waals surface area (Å²) in [7, 11) is 0. The maximum atomic E-state index is 11.6. The minimum atomic E-state index is -0.284. The number of hydrogen-bond donors (Lipinski definition) is 3. The molecule has 0 spiro atoms. The number of H-pyrrole nitrogens is 1. The predicted octanol–water partition coefficient (Wildman–Crippen LogP) is 1.74. The molecule has 2 aromatic rings. The van der Waals surface area contributed by atoms with E-state index in [4.69, 9.17) is 0 Å². The molecule has 0 saturated carbocycles. The Morgan fingerprint density at radius 2 is 2.22 bits per heavy atom. The summed E-state index contributed by atoms with van der Waals surface area (Å²) < 4.78 is 0. The van der Waals surface area contributed by atoms with Crippen LogP contribution in [0.4, 0.5) is 10.6 Å². The van der Waals surface area contributed by atoms with Crippen LogP contribution in [0.15, 0.2) is 24.4 Å². The first-order valence-corrected chi connectivity index (χ1v) is 5.63. The van der Waals surface area contributed by atoms with Crippen LogP contribution in [0.2, 0.25) is 0 Å². The number of nitrogens with zero attached hydrogens (tertiary/aromatic N) is 2. The Labute approximate surface area is 105 Å². The quantitative estimate of drug-likeness (QED) is 0.770. The topological polar surface area (TPSA) is 82.7 Å². The molecule has 0 aromatic carbocycles. The van der Waals surface area contributed by atoms with Crippen LogP contribution in [0.3, 0.4) is 0 Å². The molecule has 94 valence electrons. The van der Waals surface area contributed by atoms with Gasteiger partial charge in [-0.25, -0.2) is 9.78 Å². The zero-order chi connectivity index (χ0) is 13.0. The molecule has 2 amide bonds. The molecule has 0 saturated heterocycles. The first-order chi connectivity index (χ1) is 8.66. The molecule has 0 aliphatic rings. The van der Waals surface area contributed by atoms with Gasteiger partial charge in [-0.3, -0.25) is 10.4 Å². The molecule has 0 atom stereocenters. The van der Waals surface area contributed by atoms with Crippen molar-refractivity contribution in [2.75, 3.05) is 5.32 Å². The first-order valence-electron chi connectivity index (χ1n) is 5.63. The van der Waals surface area contributed by atoms with Gasteiger partial charge in [0.25, 0.3) is 0 Å². The van der Waals surface area contributed by atoms with Gasteiger partial charge in [-0.1, -0.05) is 6.07 Å². The number of aromatic nitrogens is 3. The summed E-state index contributed by atoms with van der Waals surface area (Å²) in [5, 5.41) is 12.4. The number of anilines is 1. The van der Waals surface area contributed by atoms with E-state index in [9.17, 15) is 4.79 Å². The van der Waals surface area contributed by atoms with Gasteiger partial charge in [0.2, 0.25) is 0 Å². The highest BCUT2D eigenvalue weighted by molar-refractivity contribution is 5.88. The lowest BCUT2D eigenvalue weighted by atomic mass is 10.2. The van der Waals surface area contributed by atoms with E-state index in [0.717, 1.165) is 17.0 Å². The fourth-order valence-electron chi connectivity index (χ4n) is 1.60. The molecular formula is C12H15N5O. The minimum absolute atomic E-state index is 0.284. The number of carbonyl (C=O) groups excluding carboxylic acids is 1. The fourth-order valence-corrected chi connectivity index (χ4v) is 1.60. The molecule has 2 heterocycles. The molecule has 0 aliphatic carbocycles. The van der Waals surface area contributed by atoms with Gasteiger partial charge in [-0.2, -0.15) is 5.10 Å². The van der Waals surface area contributed by atoms with Crippen molar-refractivity contribution in [1.29, 1.82) is 0 Å². The SMILES string of the molecule is Cc1n[nH]c(C)c1CNC(=O)Nc1ccccn1. The molecular weight excluding hydrogens is 230 g/mol. The third-order valence-corrected chi connectivity index (χ3v) is 2.61. The Balaban J connectivity index is 1.89. The molecule has 0 unspecified atom stereocenters. The number of pyridine rings is 1. The van der Waals surface area contributed by atoms with Crippen LogP contribution in [0.1, 0.15) is 17.0 Å². The number of aryl methyl sites for hydroxylation is 2. The van der Waals surface area contributed by atoms with Gasteiger partial charge in [0.15, 0.2) is 0 Å². The smallest absolute Gasteiger partial charge is 0.320 e. The highest BCUT2D eigenvalue weighted by atomic mass is 16.2. The number of amides is 2. The zero-order valence-electron chi connectivity index (χ0n) is 10.3. The monoisotopic (exact) mass is 245 g/mol. The number of urea groups is 1. The molecule has 6 nitrogen and oxygen atoms in total. The van der Waals surface area contributed by atoms with Crippen molar-refractivity contribution in [3.05, 3.63) is 41.3 Å². The van der Waals surface area contributed by atoms with Gasteiger partial charge in [0, 0.05) is 24.0 Å². The number of carbonyl (C=O) groups is 1. The Morgan fingerprint density at radius 1 is 1.39 bits per heavy atom. The Hall–Kier alpha value is -2.37. The van der Waals surface area contributed by atoms with Gasteiger partial charge in [-0.05, 0) is 26.0 Å². The Bertz CT molecular complexity index is 515. The van der Waals surface area contributed by atoms with Gasteiger partial charge in [-0.15, -0.1) is 0 Å². The maximum Gasteiger partial charge on any atom is 0.320 e. The van der Waals surface area contributed by atoms with Gasteiger partial charge in [0.1, 0.15) is 5.82 Å². The summed E-state index contributed by atoms with van der Waals surface area (Å²) in [6.45, 7) is 4.26. The lowest BCUT2D eigenvalue weighted by Crippen LogP contribution is -2.28. The number of rotatable bonds is 3. The van der Waals surface area contributed by atoms with Crippen molar-refractivity contribution in [3.8, 4) is 0 Å². The molecule has 2 aromatic heterocycles. The second-order valence-corrected chi connectivity index (χ2v) is 3.94. The van der Waals surface area contributed by atoms with Gasteiger partial charge in [0.05, 0.1) is 5.69 Å². The molecule has 18 heavy (non-hydrogen) atoms. The predicted molar refractivity (Wildman–Crippen MR) is 68.2 cm³/mol. The standard InChI is InChI=1S/C12H15N5O/c1-8-10(9(2)17-16-8)7-14-12(18)15-11-5-3-4-6-13-11/h3-6H,7H2,1-2H3,(H,16,17)(H2,13,14,15,18). The molecule has 0 bridgehead atoms. The van der Waals surface area contributed by atoms with E-state index < -0.39 is 0 Å². The normalized spacial score (nSPS) is 10.1.